The Kier molecular flexibility index (Phi) is 3.36. The van der Waals surface area contributed by atoms with Crippen molar-refractivity contribution in [3.05, 3.63) is 0 Å². The van der Waals surface area contributed by atoms with Crippen LogP contribution < -0.4 is 0 Å². The predicted octanol–water partition coefficient (Wildman–Crippen LogP) is 2.35. The topological polar surface area (TPSA) is 32.8 Å². The van der Waals surface area contributed by atoms with Crippen LogP contribution in [0.25, 0.3) is 0 Å². The molecule has 1 fully saturated rings. The van der Waals surface area contributed by atoms with Crippen molar-refractivity contribution in [2.75, 3.05) is 0 Å². The molecule has 2 heteroatoms. The van der Waals surface area contributed by atoms with Crippen molar-refractivity contribution in [2.45, 2.75) is 65.3 Å². The molecule has 0 aromatic rings. The second kappa shape index (κ2) is 3.97. The monoisotopic (exact) mass is 186 g/mol. The molecule has 1 heterocycles. The van der Waals surface area contributed by atoms with Crippen LogP contribution in [0.2, 0.25) is 0 Å². The number of ether oxygens (including phenoxy) is 1. The number of rotatable bonds is 4. The van der Waals surface area contributed by atoms with Gasteiger partial charge in [0.2, 0.25) is 0 Å². The van der Waals surface area contributed by atoms with Gasteiger partial charge in [-0.1, -0.05) is 40.5 Å². The summed E-state index contributed by atoms with van der Waals surface area (Å²) in [7, 11) is 0. The first-order chi connectivity index (χ1) is 5.96. The second-order valence-electron chi connectivity index (χ2n) is 5.09. The lowest BCUT2D eigenvalue weighted by atomic mass is 9.86. The number of aliphatic hydroxyl groups excluding tert-OH is 1. The summed E-state index contributed by atoms with van der Waals surface area (Å²) in [5, 5.41) is 9.87. The molecule has 0 aromatic carbocycles. The Morgan fingerprint density at radius 1 is 1.38 bits per heavy atom. The molecule has 1 aliphatic heterocycles. The summed E-state index contributed by atoms with van der Waals surface area (Å²) >= 11 is 0. The summed E-state index contributed by atoms with van der Waals surface area (Å²) in [5.41, 5.74) is -0.0500. The van der Waals surface area contributed by atoms with E-state index in [-0.39, 0.29) is 17.6 Å². The lowest BCUT2D eigenvalue weighted by Crippen LogP contribution is -2.32. The Morgan fingerprint density at radius 3 is 2.46 bits per heavy atom. The minimum atomic E-state index is -0.311. The number of hydrogen-bond donors (Lipinski definition) is 1. The molecule has 13 heavy (non-hydrogen) atoms. The van der Waals surface area contributed by atoms with Gasteiger partial charge in [0.15, 0.2) is 0 Å². The lowest BCUT2D eigenvalue weighted by Gasteiger charge is -2.24. The van der Waals surface area contributed by atoms with Crippen LogP contribution in [-0.2, 0) is 4.74 Å². The highest BCUT2D eigenvalue weighted by molar-refractivity contribution is 4.95. The molecule has 3 atom stereocenters. The first kappa shape index (κ1) is 11.0. The van der Waals surface area contributed by atoms with Crippen LogP contribution in [0.15, 0.2) is 0 Å². The van der Waals surface area contributed by atoms with Crippen LogP contribution in [0.5, 0.6) is 0 Å². The van der Waals surface area contributed by atoms with E-state index >= 15 is 0 Å². The Balaban J connectivity index is 2.26. The van der Waals surface area contributed by atoms with Gasteiger partial charge in [-0.15, -0.1) is 0 Å². The third-order valence-corrected chi connectivity index (χ3v) is 2.66. The average molecular weight is 186 g/mol. The van der Waals surface area contributed by atoms with Crippen LogP contribution in [0, 0.1) is 5.41 Å². The maximum atomic E-state index is 9.87. The van der Waals surface area contributed by atoms with Crippen molar-refractivity contribution in [2.24, 2.45) is 5.41 Å². The number of hydrogen-bond acceptors (Lipinski definition) is 2. The van der Waals surface area contributed by atoms with Gasteiger partial charge in [0.1, 0.15) is 6.10 Å². The molecule has 1 saturated heterocycles. The van der Waals surface area contributed by atoms with E-state index in [0.29, 0.717) is 6.10 Å². The quantitative estimate of drug-likeness (QED) is 0.684. The summed E-state index contributed by atoms with van der Waals surface area (Å²) in [6, 6.07) is 0. The van der Waals surface area contributed by atoms with Gasteiger partial charge in [-0.2, -0.15) is 0 Å². The SMILES string of the molecule is CCCC[C@@H]1O[C@@H]1[C@@H](O)C(C)(C)C. The molecular weight excluding hydrogens is 164 g/mol. The van der Waals surface area contributed by atoms with Gasteiger partial charge in [0.05, 0.1) is 12.2 Å². The molecule has 0 unspecified atom stereocenters. The fourth-order valence-electron chi connectivity index (χ4n) is 1.56. The maximum Gasteiger partial charge on any atom is 0.110 e. The zero-order valence-electron chi connectivity index (χ0n) is 9.21. The fourth-order valence-corrected chi connectivity index (χ4v) is 1.56. The summed E-state index contributed by atoms with van der Waals surface area (Å²) in [6.07, 6.45) is 3.64. The van der Waals surface area contributed by atoms with Crippen molar-refractivity contribution in [3.8, 4) is 0 Å². The van der Waals surface area contributed by atoms with Gasteiger partial charge >= 0.3 is 0 Å². The number of unbranched alkanes of at least 4 members (excludes halogenated alkanes) is 1. The largest absolute Gasteiger partial charge is 0.390 e. The van der Waals surface area contributed by atoms with E-state index in [1.54, 1.807) is 0 Å². The Morgan fingerprint density at radius 2 is 2.00 bits per heavy atom. The van der Waals surface area contributed by atoms with E-state index in [2.05, 4.69) is 27.7 Å². The van der Waals surface area contributed by atoms with Gasteiger partial charge < -0.3 is 9.84 Å². The third-order valence-electron chi connectivity index (χ3n) is 2.66. The van der Waals surface area contributed by atoms with Crippen molar-refractivity contribution >= 4 is 0 Å². The molecule has 1 N–H and O–H groups in total. The van der Waals surface area contributed by atoms with Crippen molar-refractivity contribution in [1.82, 2.24) is 0 Å². The molecule has 0 aliphatic carbocycles. The highest BCUT2D eigenvalue weighted by atomic mass is 16.6. The van der Waals surface area contributed by atoms with Gasteiger partial charge in [-0.05, 0) is 11.8 Å². The smallest absolute Gasteiger partial charge is 0.110 e. The summed E-state index contributed by atoms with van der Waals surface area (Å²) in [6.45, 7) is 8.33. The normalized spacial score (nSPS) is 30.2. The molecular formula is C11H22O2. The first-order valence-electron chi connectivity index (χ1n) is 5.30. The standard InChI is InChI=1S/C11H22O2/c1-5-6-7-8-9(13-8)10(12)11(2,3)4/h8-10,12H,5-7H2,1-4H3/t8-,9-,10+/m0/s1. The zero-order valence-corrected chi connectivity index (χ0v) is 9.21. The molecule has 1 aliphatic rings. The maximum absolute atomic E-state index is 9.87. The van der Waals surface area contributed by atoms with Crippen LogP contribution in [0.3, 0.4) is 0 Å². The fraction of sp³-hybridized carbons (Fsp3) is 1.00. The predicted molar refractivity (Wildman–Crippen MR) is 53.6 cm³/mol. The molecule has 0 saturated carbocycles. The Labute approximate surface area is 81.3 Å². The van der Waals surface area contributed by atoms with E-state index in [0.717, 1.165) is 6.42 Å². The summed E-state index contributed by atoms with van der Waals surface area (Å²) in [4.78, 5) is 0. The number of aliphatic hydroxyl groups is 1. The molecule has 0 bridgehead atoms. The molecule has 0 radical (unpaired) electrons. The van der Waals surface area contributed by atoms with Gasteiger partial charge in [0, 0.05) is 0 Å². The Bertz CT molecular complexity index is 160. The van der Waals surface area contributed by atoms with Gasteiger partial charge in [-0.3, -0.25) is 0 Å². The highest BCUT2D eigenvalue weighted by Gasteiger charge is 2.47. The van der Waals surface area contributed by atoms with E-state index < -0.39 is 0 Å². The van der Waals surface area contributed by atoms with E-state index in [1.165, 1.54) is 12.8 Å². The molecule has 2 nitrogen and oxygen atoms in total. The van der Waals surface area contributed by atoms with Crippen molar-refractivity contribution in [3.63, 3.8) is 0 Å². The summed E-state index contributed by atoms with van der Waals surface area (Å²) < 4.78 is 5.46. The molecule has 0 aromatic heterocycles. The molecule has 0 spiro atoms. The van der Waals surface area contributed by atoms with Crippen LogP contribution >= 0.6 is 0 Å². The Hall–Kier alpha value is -0.0800. The minimum absolute atomic E-state index is 0.0500. The minimum Gasteiger partial charge on any atom is -0.390 e. The van der Waals surface area contributed by atoms with Crippen LogP contribution in [0.1, 0.15) is 47.0 Å². The molecule has 0 amide bonds. The van der Waals surface area contributed by atoms with E-state index in [9.17, 15) is 5.11 Å². The highest BCUT2D eigenvalue weighted by Crippen LogP contribution is 2.36. The third kappa shape index (κ3) is 2.96. The molecule has 78 valence electrons. The van der Waals surface area contributed by atoms with E-state index in [1.807, 2.05) is 0 Å². The average Bonchev–Trinajstić information content (AvgIpc) is 2.76. The van der Waals surface area contributed by atoms with Gasteiger partial charge in [0.25, 0.3) is 0 Å². The first-order valence-corrected chi connectivity index (χ1v) is 5.30. The van der Waals surface area contributed by atoms with Crippen LogP contribution in [0.4, 0.5) is 0 Å². The van der Waals surface area contributed by atoms with Crippen molar-refractivity contribution < 1.29 is 9.84 Å². The second-order valence-corrected chi connectivity index (χ2v) is 5.09. The molecule has 1 rings (SSSR count). The van der Waals surface area contributed by atoms with Crippen molar-refractivity contribution in [1.29, 1.82) is 0 Å². The lowest BCUT2D eigenvalue weighted by molar-refractivity contribution is 0.0378. The number of epoxide rings is 1. The summed E-state index contributed by atoms with van der Waals surface area (Å²) in [5.74, 6) is 0. The van der Waals surface area contributed by atoms with Crippen LogP contribution in [-0.4, -0.2) is 23.4 Å². The van der Waals surface area contributed by atoms with Gasteiger partial charge in [-0.25, -0.2) is 0 Å². The van der Waals surface area contributed by atoms with E-state index in [4.69, 9.17) is 4.74 Å². The zero-order chi connectivity index (χ0) is 10.1.